The van der Waals surface area contributed by atoms with Crippen LogP contribution < -0.4 is 24.4 Å². The number of barbiturate groups is 1. The summed E-state index contributed by atoms with van der Waals surface area (Å²) >= 11 is 0. The highest BCUT2D eigenvalue weighted by Crippen LogP contribution is 2.35. The van der Waals surface area contributed by atoms with Crippen LogP contribution in [0, 0.1) is 0 Å². The number of imide groups is 2. The van der Waals surface area contributed by atoms with Gasteiger partial charge in [-0.1, -0.05) is 31.2 Å². The first-order valence-corrected chi connectivity index (χ1v) is 10.4. The molecule has 1 aliphatic heterocycles. The van der Waals surface area contributed by atoms with Crippen LogP contribution >= 0.6 is 0 Å². The van der Waals surface area contributed by atoms with Crippen molar-refractivity contribution in [3.63, 3.8) is 0 Å². The van der Waals surface area contributed by atoms with Gasteiger partial charge in [-0.25, -0.2) is 9.69 Å². The summed E-state index contributed by atoms with van der Waals surface area (Å²) in [6, 6.07) is 11.0. The fourth-order valence-corrected chi connectivity index (χ4v) is 3.17. The number of hydrogen-bond donors (Lipinski definition) is 1. The van der Waals surface area contributed by atoms with Gasteiger partial charge in [0.15, 0.2) is 11.5 Å². The van der Waals surface area contributed by atoms with Crippen molar-refractivity contribution in [3.05, 3.63) is 53.6 Å². The molecule has 2 aromatic carbocycles. The number of ether oxygens (including phenoxy) is 3. The maximum absolute atomic E-state index is 13.3. The van der Waals surface area contributed by atoms with E-state index >= 15 is 0 Å². The summed E-state index contributed by atoms with van der Waals surface area (Å²) in [4.78, 5) is 39.4. The third-order valence-corrected chi connectivity index (χ3v) is 4.93. The minimum Gasteiger partial charge on any atom is -0.493 e. The van der Waals surface area contributed by atoms with E-state index in [1.165, 1.54) is 13.2 Å². The van der Waals surface area contributed by atoms with Crippen LogP contribution in [0.1, 0.15) is 32.8 Å². The van der Waals surface area contributed by atoms with Gasteiger partial charge in [0, 0.05) is 5.56 Å². The second-order valence-electron chi connectivity index (χ2n) is 7.07. The molecular weight excluding hydrogens is 412 g/mol. The second-order valence-corrected chi connectivity index (χ2v) is 7.07. The van der Waals surface area contributed by atoms with Crippen LogP contribution in [0.5, 0.6) is 17.2 Å². The first kappa shape index (κ1) is 22.9. The van der Waals surface area contributed by atoms with E-state index < -0.39 is 17.8 Å². The van der Waals surface area contributed by atoms with Gasteiger partial charge in [-0.2, -0.15) is 0 Å². The number of anilines is 1. The van der Waals surface area contributed by atoms with Crippen LogP contribution in [0.2, 0.25) is 0 Å². The molecular formula is C24H26N2O6. The average molecular weight is 438 g/mol. The Balaban J connectivity index is 2.08. The average Bonchev–Trinajstić information content (AvgIpc) is 2.78. The van der Waals surface area contributed by atoms with Crippen LogP contribution in [-0.2, 0) is 9.59 Å². The van der Waals surface area contributed by atoms with E-state index in [-0.39, 0.29) is 17.4 Å². The highest BCUT2D eigenvalue weighted by molar-refractivity contribution is 6.39. The molecule has 168 valence electrons. The molecule has 0 saturated carbocycles. The standard InChI is InChI=1S/C24H26N2O6/c1-5-15(3)32-21-16(10-9-13-20(21)30-4)14-17-22(27)25-24(29)26(23(17)28)18-11-7-8-12-19(18)31-6-2/h7-15H,5-6H2,1-4H3,(H,25,27,29)/b17-14+/t15-/m0/s1. The van der Waals surface area contributed by atoms with E-state index in [1.54, 1.807) is 49.4 Å². The number of urea groups is 1. The highest BCUT2D eigenvalue weighted by atomic mass is 16.5. The molecule has 0 bridgehead atoms. The monoisotopic (exact) mass is 438 g/mol. The maximum atomic E-state index is 13.3. The van der Waals surface area contributed by atoms with Gasteiger partial charge < -0.3 is 14.2 Å². The van der Waals surface area contributed by atoms with Crippen molar-refractivity contribution in [1.29, 1.82) is 0 Å². The Labute approximate surface area is 186 Å². The molecule has 0 aromatic heterocycles. The molecule has 2 aromatic rings. The van der Waals surface area contributed by atoms with E-state index in [0.29, 0.717) is 29.4 Å². The zero-order valence-corrected chi connectivity index (χ0v) is 18.5. The Morgan fingerprint density at radius 3 is 2.44 bits per heavy atom. The molecule has 8 heteroatoms. The van der Waals surface area contributed by atoms with E-state index in [9.17, 15) is 14.4 Å². The van der Waals surface area contributed by atoms with Gasteiger partial charge in [0.2, 0.25) is 0 Å². The number of para-hydroxylation sites is 3. The molecule has 1 atom stereocenters. The van der Waals surface area contributed by atoms with Gasteiger partial charge >= 0.3 is 6.03 Å². The zero-order chi connectivity index (χ0) is 23.3. The summed E-state index contributed by atoms with van der Waals surface area (Å²) in [5, 5.41) is 2.23. The summed E-state index contributed by atoms with van der Waals surface area (Å²) in [7, 11) is 1.51. The minimum absolute atomic E-state index is 0.115. The van der Waals surface area contributed by atoms with Crippen molar-refractivity contribution < 1.29 is 28.6 Å². The lowest BCUT2D eigenvalue weighted by Gasteiger charge is -2.28. The molecule has 1 aliphatic rings. The predicted octanol–water partition coefficient (Wildman–Crippen LogP) is 3.94. The van der Waals surface area contributed by atoms with E-state index in [2.05, 4.69) is 5.32 Å². The van der Waals surface area contributed by atoms with Crippen molar-refractivity contribution >= 4 is 29.6 Å². The van der Waals surface area contributed by atoms with Crippen molar-refractivity contribution in [2.75, 3.05) is 18.6 Å². The summed E-state index contributed by atoms with van der Waals surface area (Å²) in [6.07, 6.45) is 2.04. The molecule has 1 heterocycles. The first-order valence-electron chi connectivity index (χ1n) is 10.4. The Hall–Kier alpha value is -3.81. The minimum atomic E-state index is -0.842. The lowest BCUT2D eigenvalue weighted by atomic mass is 10.1. The van der Waals surface area contributed by atoms with Gasteiger partial charge in [-0.05, 0) is 44.5 Å². The van der Waals surface area contributed by atoms with Crippen LogP contribution in [0.25, 0.3) is 6.08 Å². The van der Waals surface area contributed by atoms with Crippen molar-refractivity contribution in [1.82, 2.24) is 5.32 Å². The molecule has 8 nitrogen and oxygen atoms in total. The van der Waals surface area contributed by atoms with Crippen LogP contribution in [0.15, 0.2) is 48.0 Å². The number of nitrogens with zero attached hydrogens (tertiary/aromatic N) is 1. The molecule has 4 amide bonds. The molecule has 1 fully saturated rings. The topological polar surface area (TPSA) is 94.2 Å². The Morgan fingerprint density at radius 2 is 1.75 bits per heavy atom. The quantitative estimate of drug-likeness (QED) is 0.496. The highest BCUT2D eigenvalue weighted by Gasteiger charge is 2.38. The van der Waals surface area contributed by atoms with Crippen LogP contribution in [0.4, 0.5) is 10.5 Å². The number of benzene rings is 2. The molecule has 0 radical (unpaired) electrons. The largest absolute Gasteiger partial charge is 0.493 e. The predicted molar refractivity (Wildman–Crippen MR) is 120 cm³/mol. The van der Waals surface area contributed by atoms with E-state index in [0.717, 1.165) is 11.3 Å². The Bertz CT molecular complexity index is 1060. The first-order chi connectivity index (χ1) is 15.4. The number of amides is 4. The van der Waals surface area contributed by atoms with Crippen molar-refractivity contribution in [3.8, 4) is 17.2 Å². The number of rotatable bonds is 8. The van der Waals surface area contributed by atoms with Gasteiger partial charge in [-0.15, -0.1) is 0 Å². The number of nitrogens with one attached hydrogen (secondary N) is 1. The third kappa shape index (κ3) is 4.59. The summed E-state index contributed by atoms with van der Waals surface area (Å²) in [5.74, 6) is -0.311. The Kier molecular flexibility index (Phi) is 7.14. The van der Waals surface area contributed by atoms with Crippen LogP contribution in [0.3, 0.4) is 0 Å². The fraction of sp³-hybridized carbons (Fsp3) is 0.292. The lowest BCUT2D eigenvalue weighted by molar-refractivity contribution is -0.122. The Morgan fingerprint density at radius 1 is 1.03 bits per heavy atom. The summed E-state index contributed by atoms with van der Waals surface area (Å²) < 4.78 is 17.0. The molecule has 0 aliphatic carbocycles. The second kappa shape index (κ2) is 10.00. The van der Waals surface area contributed by atoms with Crippen molar-refractivity contribution in [2.24, 2.45) is 0 Å². The molecule has 0 unspecified atom stereocenters. The van der Waals surface area contributed by atoms with Gasteiger partial charge in [-0.3, -0.25) is 14.9 Å². The van der Waals surface area contributed by atoms with E-state index in [4.69, 9.17) is 14.2 Å². The molecule has 3 rings (SSSR count). The SMILES string of the molecule is CCOc1ccccc1N1C(=O)NC(=O)/C(=C\c2cccc(OC)c2O[C@@H](C)CC)C1=O. The fourth-order valence-electron chi connectivity index (χ4n) is 3.17. The number of carbonyl (C=O) groups excluding carboxylic acids is 3. The maximum Gasteiger partial charge on any atom is 0.336 e. The molecule has 1 saturated heterocycles. The summed E-state index contributed by atoms with van der Waals surface area (Å²) in [6.45, 7) is 6.04. The van der Waals surface area contributed by atoms with Gasteiger partial charge in [0.1, 0.15) is 11.3 Å². The molecule has 32 heavy (non-hydrogen) atoms. The molecule has 0 spiro atoms. The van der Waals surface area contributed by atoms with Crippen LogP contribution in [-0.4, -0.2) is 37.7 Å². The van der Waals surface area contributed by atoms with Gasteiger partial charge in [0.05, 0.1) is 25.5 Å². The zero-order valence-electron chi connectivity index (χ0n) is 18.5. The van der Waals surface area contributed by atoms with Gasteiger partial charge in [0.25, 0.3) is 11.8 Å². The van der Waals surface area contributed by atoms with E-state index in [1.807, 2.05) is 13.8 Å². The number of carbonyl (C=O) groups is 3. The molecule has 1 N–H and O–H groups in total. The number of methoxy groups -OCH3 is 1. The third-order valence-electron chi connectivity index (χ3n) is 4.93. The summed E-state index contributed by atoms with van der Waals surface area (Å²) in [5.41, 5.74) is 0.519. The normalized spacial score (nSPS) is 16.1. The smallest absolute Gasteiger partial charge is 0.336 e. The lowest BCUT2D eigenvalue weighted by Crippen LogP contribution is -2.54. The number of hydrogen-bond acceptors (Lipinski definition) is 6. The van der Waals surface area contributed by atoms with Crippen molar-refractivity contribution in [2.45, 2.75) is 33.3 Å².